The van der Waals surface area contributed by atoms with Crippen LogP contribution in [0.2, 0.25) is 0 Å². The molecule has 2 aliphatic heterocycles. The van der Waals surface area contributed by atoms with Gasteiger partial charge in [-0.15, -0.1) is 11.3 Å². The van der Waals surface area contributed by atoms with E-state index >= 15 is 0 Å². The van der Waals surface area contributed by atoms with Gasteiger partial charge in [0.25, 0.3) is 5.56 Å². The lowest BCUT2D eigenvalue weighted by molar-refractivity contribution is 0.174. The van der Waals surface area contributed by atoms with E-state index in [9.17, 15) is 4.79 Å². The molecule has 34 heavy (non-hydrogen) atoms. The van der Waals surface area contributed by atoms with E-state index in [0.717, 1.165) is 33.4 Å². The molecule has 5 nitrogen and oxygen atoms in total. The maximum atomic E-state index is 13.8. The van der Waals surface area contributed by atoms with Crippen molar-refractivity contribution in [2.75, 3.05) is 6.79 Å². The highest BCUT2D eigenvalue weighted by Gasteiger charge is 2.33. The minimum absolute atomic E-state index is 0.0166. The van der Waals surface area contributed by atoms with Crippen LogP contribution < -0.4 is 24.4 Å². The first-order valence-electron chi connectivity index (χ1n) is 10.9. The van der Waals surface area contributed by atoms with Crippen molar-refractivity contribution in [1.29, 1.82) is 0 Å². The van der Waals surface area contributed by atoms with Gasteiger partial charge in [0.1, 0.15) is 0 Å². The molecular formula is C26H17BrN2O3S2. The number of thiazole rings is 1. The Labute approximate surface area is 211 Å². The molecular weight excluding hydrogens is 532 g/mol. The number of ether oxygens (including phenoxy) is 2. The van der Waals surface area contributed by atoms with Crippen molar-refractivity contribution in [2.24, 2.45) is 4.99 Å². The molecule has 168 valence electrons. The van der Waals surface area contributed by atoms with E-state index in [2.05, 4.69) is 57.7 Å². The minimum atomic E-state index is -0.123. The predicted molar refractivity (Wildman–Crippen MR) is 137 cm³/mol. The molecule has 0 saturated carbocycles. The average molecular weight is 549 g/mol. The molecule has 2 aromatic carbocycles. The summed E-state index contributed by atoms with van der Waals surface area (Å²) < 4.78 is 14.4. The quantitative estimate of drug-likeness (QED) is 0.359. The fourth-order valence-electron chi connectivity index (χ4n) is 4.90. The van der Waals surface area contributed by atoms with Gasteiger partial charge in [-0.05, 0) is 59.2 Å². The number of benzene rings is 2. The molecule has 1 unspecified atom stereocenters. The Morgan fingerprint density at radius 3 is 2.79 bits per heavy atom. The molecule has 0 fully saturated rings. The lowest BCUT2D eigenvalue weighted by Crippen LogP contribution is -2.38. The van der Waals surface area contributed by atoms with Crippen molar-refractivity contribution in [3.8, 4) is 11.5 Å². The van der Waals surface area contributed by atoms with Gasteiger partial charge >= 0.3 is 0 Å². The first-order valence-corrected chi connectivity index (χ1v) is 13.4. The van der Waals surface area contributed by atoms with Crippen LogP contribution in [0.3, 0.4) is 0 Å². The molecule has 0 bridgehead atoms. The van der Waals surface area contributed by atoms with Gasteiger partial charge in [0, 0.05) is 14.9 Å². The van der Waals surface area contributed by atoms with Crippen molar-refractivity contribution in [3.05, 3.63) is 105 Å². The topological polar surface area (TPSA) is 52.8 Å². The summed E-state index contributed by atoms with van der Waals surface area (Å²) in [5.41, 5.74) is 5.61. The number of rotatable bonds is 2. The van der Waals surface area contributed by atoms with Crippen molar-refractivity contribution in [1.82, 2.24) is 4.57 Å². The number of hydrogen-bond donors (Lipinski definition) is 0. The first-order chi connectivity index (χ1) is 16.7. The number of nitrogens with zero attached hydrogens (tertiary/aromatic N) is 2. The maximum absolute atomic E-state index is 13.8. The number of halogens is 1. The second-order valence-electron chi connectivity index (χ2n) is 8.36. The molecule has 0 saturated heterocycles. The largest absolute Gasteiger partial charge is 0.454 e. The second kappa shape index (κ2) is 7.80. The van der Waals surface area contributed by atoms with Crippen LogP contribution in [0.5, 0.6) is 11.5 Å². The van der Waals surface area contributed by atoms with Gasteiger partial charge in [-0.25, -0.2) is 4.99 Å². The van der Waals surface area contributed by atoms with Crippen molar-refractivity contribution in [3.63, 3.8) is 0 Å². The number of aryl methyl sites for hydroxylation is 1. The van der Waals surface area contributed by atoms with E-state index in [0.29, 0.717) is 16.0 Å². The molecule has 7 rings (SSSR count). The molecule has 0 spiro atoms. The molecule has 0 amide bonds. The van der Waals surface area contributed by atoms with Crippen LogP contribution in [0.1, 0.15) is 34.0 Å². The Hall–Kier alpha value is -2.94. The lowest BCUT2D eigenvalue weighted by atomic mass is 9.85. The van der Waals surface area contributed by atoms with E-state index in [-0.39, 0.29) is 18.4 Å². The Balaban J connectivity index is 1.47. The number of allylic oxidation sites excluding steroid dienone is 1. The minimum Gasteiger partial charge on any atom is -0.454 e. The fraction of sp³-hybridized carbons (Fsp3) is 0.154. The van der Waals surface area contributed by atoms with E-state index in [1.54, 1.807) is 11.3 Å². The Morgan fingerprint density at radius 1 is 1.09 bits per heavy atom. The number of aromatic nitrogens is 1. The lowest BCUT2D eigenvalue weighted by Gasteiger charge is -2.30. The zero-order chi connectivity index (χ0) is 22.8. The smallest absolute Gasteiger partial charge is 0.271 e. The number of thiophene rings is 1. The van der Waals surface area contributed by atoms with Gasteiger partial charge in [0.2, 0.25) is 6.79 Å². The van der Waals surface area contributed by atoms with E-state index in [1.807, 2.05) is 22.8 Å². The molecule has 3 aliphatic rings. The highest BCUT2D eigenvalue weighted by atomic mass is 79.9. The zero-order valence-electron chi connectivity index (χ0n) is 17.8. The monoisotopic (exact) mass is 548 g/mol. The summed E-state index contributed by atoms with van der Waals surface area (Å²) >= 11 is 6.74. The third kappa shape index (κ3) is 3.09. The van der Waals surface area contributed by atoms with Crippen LogP contribution in [-0.4, -0.2) is 11.4 Å². The van der Waals surface area contributed by atoms with Crippen LogP contribution in [0.4, 0.5) is 0 Å². The first kappa shape index (κ1) is 20.4. The van der Waals surface area contributed by atoms with E-state index in [1.165, 1.54) is 32.9 Å². The van der Waals surface area contributed by atoms with Crippen LogP contribution in [-0.2, 0) is 6.42 Å². The molecule has 0 N–H and O–H groups in total. The Kier molecular flexibility index (Phi) is 4.69. The Morgan fingerprint density at radius 2 is 1.94 bits per heavy atom. The standard InChI is InChI=1S/C26H17BrN2O3S2/c27-18-12-20-19(31-13-32-20)10-15(18)11-22-25(30)29-24(21-6-3-9-33-21)17-8-7-14-4-1-2-5-16(14)23(17)28-26(29)34-22/h1-6,9-12,24H,7-8,13H2/b22-11-. The summed E-state index contributed by atoms with van der Waals surface area (Å²) in [4.78, 5) is 20.7. The predicted octanol–water partition coefficient (Wildman–Crippen LogP) is 4.87. The molecule has 4 aromatic rings. The van der Waals surface area contributed by atoms with Gasteiger partial charge < -0.3 is 9.47 Å². The summed E-state index contributed by atoms with van der Waals surface area (Å²) in [5, 5.41) is 2.08. The Bertz CT molecular complexity index is 1680. The second-order valence-corrected chi connectivity index (χ2v) is 11.2. The summed E-state index contributed by atoms with van der Waals surface area (Å²) in [6.07, 6.45) is 3.77. The van der Waals surface area contributed by atoms with Crippen molar-refractivity contribution in [2.45, 2.75) is 18.9 Å². The molecule has 1 atom stereocenters. The van der Waals surface area contributed by atoms with Gasteiger partial charge in [0.05, 0.1) is 16.3 Å². The molecule has 8 heteroatoms. The average Bonchev–Trinajstić information content (AvgIpc) is 3.60. The summed E-state index contributed by atoms with van der Waals surface area (Å²) in [6, 6.07) is 16.3. The van der Waals surface area contributed by atoms with Crippen LogP contribution in [0.25, 0.3) is 11.8 Å². The number of hydrogen-bond acceptors (Lipinski definition) is 6. The zero-order valence-corrected chi connectivity index (χ0v) is 21.0. The fourth-order valence-corrected chi connectivity index (χ4v) is 7.18. The number of fused-ring (bicyclic) bond motifs is 4. The molecule has 1 aliphatic carbocycles. The molecule has 4 heterocycles. The van der Waals surface area contributed by atoms with Gasteiger partial charge in [0.15, 0.2) is 16.3 Å². The van der Waals surface area contributed by atoms with Crippen LogP contribution in [0.15, 0.2) is 73.7 Å². The highest BCUT2D eigenvalue weighted by molar-refractivity contribution is 9.10. The highest BCUT2D eigenvalue weighted by Crippen LogP contribution is 2.42. The summed E-state index contributed by atoms with van der Waals surface area (Å²) in [6.45, 7) is 0.210. The normalized spacial score (nSPS) is 18.4. The molecule has 2 aromatic heterocycles. The third-order valence-electron chi connectivity index (χ3n) is 6.46. The van der Waals surface area contributed by atoms with Crippen LogP contribution >= 0.6 is 38.6 Å². The van der Waals surface area contributed by atoms with Crippen molar-refractivity contribution >= 4 is 50.4 Å². The van der Waals surface area contributed by atoms with Gasteiger partial charge in [-0.2, -0.15) is 0 Å². The third-order valence-corrected chi connectivity index (χ3v) is 9.06. The summed E-state index contributed by atoms with van der Waals surface area (Å²) in [5.74, 6) is 1.39. The van der Waals surface area contributed by atoms with Gasteiger partial charge in [-0.3, -0.25) is 9.36 Å². The summed E-state index contributed by atoms with van der Waals surface area (Å²) in [7, 11) is 0. The SMILES string of the molecule is O=c1/c(=C/c2cc3c(cc2Br)OCO3)sc2n1C(c1cccs1)C1=C(N=2)c2ccccc2CC1. The van der Waals surface area contributed by atoms with E-state index in [4.69, 9.17) is 14.5 Å². The van der Waals surface area contributed by atoms with Crippen LogP contribution in [0, 0.1) is 0 Å². The molecule has 0 radical (unpaired) electrons. The van der Waals surface area contributed by atoms with Gasteiger partial charge in [-0.1, -0.05) is 57.6 Å². The van der Waals surface area contributed by atoms with Crippen molar-refractivity contribution < 1.29 is 9.47 Å². The van der Waals surface area contributed by atoms with E-state index < -0.39 is 0 Å². The maximum Gasteiger partial charge on any atom is 0.271 e.